The van der Waals surface area contributed by atoms with Gasteiger partial charge in [-0.1, -0.05) is 18.2 Å². The highest BCUT2D eigenvalue weighted by atomic mass is 16.5. The second-order valence-corrected chi connectivity index (χ2v) is 7.41. The van der Waals surface area contributed by atoms with Gasteiger partial charge in [-0.05, 0) is 56.3 Å². The molecule has 1 aliphatic rings. The smallest absolute Gasteiger partial charge is 0.335 e. The minimum absolute atomic E-state index is 0.123. The topological polar surface area (TPSA) is 101 Å². The van der Waals surface area contributed by atoms with E-state index in [1.165, 1.54) is 36.4 Å². The van der Waals surface area contributed by atoms with Gasteiger partial charge in [-0.3, -0.25) is 4.79 Å². The molecule has 4 rings (SSSR count). The molecular weight excluding hydrogens is 410 g/mol. The molecular formula is C24H21N3O5. The number of hydrazone groups is 1. The highest BCUT2D eigenvalue weighted by molar-refractivity contribution is 6.32. The van der Waals surface area contributed by atoms with Gasteiger partial charge in [0.05, 0.1) is 29.6 Å². The van der Waals surface area contributed by atoms with Crippen LogP contribution in [0.1, 0.15) is 35.9 Å². The molecule has 1 aliphatic heterocycles. The minimum atomic E-state index is -1.04. The number of para-hydroxylation sites is 1. The summed E-state index contributed by atoms with van der Waals surface area (Å²) >= 11 is 0. The van der Waals surface area contributed by atoms with Crippen LogP contribution in [0, 0.1) is 0 Å². The Morgan fingerprint density at radius 3 is 2.47 bits per heavy atom. The van der Waals surface area contributed by atoms with Gasteiger partial charge in [0.15, 0.2) is 0 Å². The molecule has 32 heavy (non-hydrogen) atoms. The molecule has 1 amide bonds. The first-order chi connectivity index (χ1) is 15.3. The lowest BCUT2D eigenvalue weighted by molar-refractivity contribution is -0.143. The van der Waals surface area contributed by atoms with E-state index in [0.29, 0.717) is 22.7 Å². The van der Waals surface area contributed by atoms with Gasteiger partial charge in [0.25, 0.3) is 5.91 Å². The van der Waals surface area contributed by atoms with E-state index in [-0.39, 0.29) is 11.5 Å². The Morgan fingerprint density at radius 2 is 1.81 bits per heavy atom. The normalized spacial score (nSPS) is 15.8. The number of nitrogens with zero attached hydrogens (tertiary/aromatic N) is 3. The number of esters is 1. The summed E-state index contributed by atoms with van der Waals surface area (Å²) in [4.78, 5) is 36.5. The van der Waals surface area contributed by atoms with Crippen LogP contribution in [0.15, 0.2) is 65.3 Å². The zero-order valence-electron chi connectivity index (χ0n) is 17.8. The summed E-state index contributed by atoms with van der Waals surface area (Å²) in [6.07, 6.45) is 1.71. The Kier molecular flexibility index (Phi) is 5.36. The summed E-state index contributed by atoms with van der Waals surface area (Å²) in [7, 11) is 1.34. The van der Waals surface area contributed by atoms with Crippen molar-refractivity contribution in [3.05, 3.63) is 71.4 Å². The van der Waals surface area contributed by atoms with Crippen molar-refractivity contribution < 1.29 is 24.2 Å². The zero-order chi connectivity index (χ0) is 23.0. The molecule has 8 heteroatoms. The van der Waals surface area contributed by atoms with Crippen molar-refractivity contribution in [2.75, 3.05) is 12.1 Å². The fraction of sp³-hybridized carbons (Fsp3) is 0.167. The second kappa shape index (κ2) is 8.14. The summed E-state index contributed by atoms with van der Waals surface area (Å²) in [5.41, 5.74) is 3.00. The van der Waals surface area contributed by atoms with Crippen LogP contribution >= 0.6 is 0 Å². The van der Waals surface area contributed by atoms with E-state index in [4.69, 9.17) is 9.84 Å². The number of carboxylic acids is 1. The van der Waals surface area contributed by atoms with Crippen LogP contribution in [0.5, 0.6) is 0 Å². The molecule has 162 valence electrons. The van der Waals surface area contributed by atoms with Crippen molar-refractivity contribution in [3.63, 3.8) is 0 Å². The van der Waals surface area contributed by atoms with Gasteiger partial charge in [-0.15, -0.1) is 0 Å². The monoisotopic (exact) mass is 431 g/mol. The van der Waals surface area contributed by atoms with Crippen LogP contribution in [-0.4, -0.2) is 40.3 Å². The number of methoxy groups -OCH3 is 1. The quantitative estimate of drug-likeness (QED) is 0.488. The van der Waals surface area contributed by atoms with Crippen LogP contribution in [0.2, 0.25) is 0 Å². The summed E-state index contributed by atoms with van der Waals surface area (Å²) in [6, 6.07) is 14.9. The molecule has 0 bridgehead atoms. The van der Waals surface area contributed by atoms with Crippen LogP contribution in [-0.2, 0) is 14.3 Å². The zero-order valence-corrected chi connectivity index (χ0v) is 17.8. The standard InChI is InChI=1S/C24H21N3O5/c1-14-20(22(28)27(25-14)18-10-8-16(9-11-18)23(29)30)13-19-12-17-6-4-5-7-21(17)26(19)15(2)24(31)32-3/h4-13,15H,1-3H3,(H,29,30)/b20-13-. The number of fused-ring (bicyclic) bond motifs is 1. The van der Waals surface area contributed by atoms with Crippen LogP contribution < -0.4 is 5.01 Å². The average Bonchev–Trinajstić information content (AvgIpc) is 3.30. The van der Waals surface area contributed by atoms with E-state index in [1.807, 2.05) is 34.9 Å². The lowest BCUT2D eigenvalue weighted by Gasteiger charge is -2.16. The molecule has 1 aromatic heterocycles. The number of benzene rings is 2. The lowest BCUT2D eigenvalue weighted by Crippen LogP contribution is -2.22. The molecule has 0 aliphatic carbocycles. The molecule has 2 aromatic carbocycles. The molecule has 1 unspecified atom stereocenters. The maximum atomic E-state index is 13.2. The number of aromatic carboxylic acids is 1. The molecule has 0 spiro atoms. The average molecular weight is 431 g/mol. The number of carbonyl (C=O) groups is 3. The number of ether oxygens (including phenoxy) is 1. The Bertz CT molecular complexity index is 1300. The minimum Gasteiger partial charge on any atom is -0.478 e. The molecule has 2 heterocycles. The van der Waals surface area contributed by atoms with Crippen LogP contribution in [0.25, 0.3) is 17.0 Å². The van der Waals surface area contributed by atoms with Crippen LogP contribution in [0.4, 0.5) is 5.69 Å². The third kappa shape index (κ3) is 3.56. The number of hydrogen-bond donors (Lipinski definition) is 1. The Morgan fingerprint density at radius 1 is 1.12 bits per heavy atom. The summed E-state index contributed by atoms with van der Waals surface area (Å²) < 4.78 is 6.76. The number of anilines is 1. The summed E-state index contributed by atoms with van der Waals surface area (Å²) in [6.45, 7) is 3.47. The van der Waals surface area contributed by atoms with Crippen molar-refractivity contribution in [2.24, 2.45) is 5.10 Å². The molecule has 3 aromatic rings. The molecule has 0 saturated heterocycles. The first-order valence-corrected chi connectivity index (χ1v) is 9.94. The fourth-order valence-corrected chi connectivity index (χ4v) is 3.77. The Balaban J connectivity index is 1.76. The summed E-state index contributed by atoms with van der Waals surface area (Å²) in [5.74, 6) is -1.78. The number of carboxylic acid groups (broad SMARTS) is 1. The van der Waals surface area contributed by atoms with E-state index in [2.05, 4.69) is 5.10 Å². The molecule has 8 nitrogen and oxygen atoms in total. The molecule has 1 N–H and O–H groups in total. The third-order valence-electron chi connectivity index (χ3n) is 5.42. The van der Waals surface area contributed by atoms with Gasteiger partial charge in [0.1, 0.15) is 6.04 Å². The maximum Gasteiger partial charge on any atom is 0.335 e. The van der Waals surface area contributed by atoms with E-state index >= 15 is 0 Å². The number of carbonyl (C=O) groups excluding carboxylic acids is 2. The number of aromatic nitrogens is 1. The third-order valence-corrected chi connectivity index (χ3v) is 5.42. The van der Waals surface area contributed by atoms with Gasteiger partial charge < -0.3 is 14.4 Å². The largest absolute Gasteiger partial charge is 0.478 e. The van der Waals surface area contributed by atoms with Crippen molar-refractivity contribution >= 4 is 46.2 Å². The number of hydrogen-bond acceptors (Lipinski definition) is 5. The first-order valence-electron chi connectivity index (χ1n) is 9.94. The second-order valence-electron chi connectivity index (χ2n) is 7.41. The van der Waals surface area contributed by atoms with E-state index < -0.39 is 18.0 Å². The van der Waals surface area contributed by atoms with Crippen molar-refractivity contribution in [3.8, 4) is 0 Å². The van der Waals surface area contributed by atoms with E-state index in [0.717, 1.165) is 10.9 Å². The van der Waals surface area contributed by atoms with Gasteiger partial charge >= 0.3 is 11.9 Å². The predicted molar refractivity (Wildman–Crippen MR) is 121 cm³/mol. The Hall–Kier alpha value is -4.20. The number of amides is 1. The fourth-order valence-electron chi connectivity index (χ4n) is 3.77. The Labute approximate surface area is 184 Å². The SMILES string of the molecule is COC(=O)C(C)n1c(/C=C2\C(=O)N(c3ccc(C(=O)O)cc3)N=C2C)cc2ccccc21. The maximum absolute atomic E-state index is 13.2. The number of rotatable bonds is 5. The highest BCUT2D eigenvalue weighted by Gasteiger charge is 2.30. The first kappa shape index (κ1) is 21.0. The van der Waals surface area contributed by atoms with E-state index in [1.54, 1.807) is 19.9 Å². The van der Waals surface area contributed by atoms with Crippen molar-refractivity contribution in [1.29, 1.82) is 0 Å². The van der Waals surface area contributed by atoms with Crippen LogP contribution in [0.3, 0.4) is 0 Å². The lowest BCUT2D eigenvalue weighted by atomic mass is 10.1. The van der Waals surface area contributed by atoms with E-state index in [9.17, 15) is 14.4 Å². The summed E-state index contributed by atoms with van der Waals surface area (Å²) in [5, 5.41) is 15.6. The predicted octanol–water partition coefficient (Wildman–Crippen LogP) is 3.88. The molecule has 1 atom stereocenters. The van der Waals surface area contributed by atoms with Crippen molar-refractivity contribution in [2.45, 2.75) is 19.9 Å². The van der Waals surface area contributed by atoms with Crippen molar-refractivity contribution in [1.82, 2.24) is 4.57 Å². The van der Waals surface area contributed by atoms with Gasteiger partial charge in [0.2, 0.25) is 0 Å². The molecule has 0 radical (unpaired) electrons. The molecule has 0 fully saturated rings. The highest BCUT2D eigenvalue weighted by Crippen LogP contribution is 2.29. The molecule has 0 saturated carbocycles. The van der Waals surface area contributed by atoms with Gasteiger partial charge in [-0.2, -0.15) is 10.1 Å². The van der Waals surface area contributed by atoms with Gasteiger partial charge in [-0.25, -0.2) is 9.59 Å². The van der Waals surface area contributed by atoms with Gasteiger partial charge in [0, 0.05) is 16.6 Å².